The van der Waals surface area contributed by atoms with Gasteiger partial charge in [0.15, 0.2) is 0 Å². The highest BCUT2D eigenvalue weighted by Crippen LogP contribution is 2.26. The van der Waals surface area contributed by atoms with Gasteiger partial charge in [0, 0.05) is 6.04 Å². The zero-order valence-electron chi connectivity index (χ0n) is 12.4. The summed E-state index contributed by atoms with van der Waals surface area (Å²) >= 11 is 0. The summed E-state index contributed by atoms with van der Waals surface area (Å²) in [5.74, 6) is -0.322. The summed E-state index contributed by atoms with van der Waals surface area (Å²) < 4.78 is 13.8. The quantitative estimate of drug-likeness (QED) is 0.485. The lowest BCUT2D eigenvalue weighted by molar-refractivity contribution is -0.143. The molecule has 1 aromatic rings. The van der Waals surface area contributed by atoms with Gasteiger partial charge in [0.05, 0.1) is 13.0 Å². The molecule has 7 nitrogen and oxygen atoms in total. The largest absolute Gasteiger partial charge is 0.469 e. The van der Waals surface area contributed by atoms with E-state index in [9.17, 15) is 4.79 Å². The molecule has 2 unspecified atom stereocenters. The molecule has 0 bridgehead atoms. The maximum Gasteiger partial charge on any atom is 0.466 e. The molecule has 0 spiro atoms. The van der Waals surface area contributed by atoms with Gasteiger partial charge < -0.3 is 24.7 Å². The van der Waals surface area contributed by atoms with E-state index in [1.807, 2.05) is 30.3 Å². The lowest BCUT2D eigenvalue weighted by atomic mass is 9.86. The summed E-state index contributed by atoms with van der Waals surface area (Å²) in [5, 5.41) is 3.43. The molecule has 22 heavy (non-hydrogen) atoms. The average Bonchev–Trinajstić information content (AvgIpc) is 2.48. The van der Waals surface area contributed by atoms with Gasteiger partial charge in [0.25, 0.3) is 0 Å². The van der Waals surface area contributed by atoms with Gasteiger partial charge in [-0.2, -0.15) is 0 Å². The zero-order valence-corrected chi connectivity index (χ0v) is 13.3. The van der Waals surface area contributed by atoms with Crippen molar-refractivity contribution in [2.75, 3.05) is 13.7 Å². The molecule has 124 valence electrons. The van der Waals surface area contributed by atoms with Gasteiger partial charge in [-0.3, -0.25) is 4.79 Å². The van der Waals surface area contributed by atoms with E-state index in [0.717, 1.165) is 18.5 Å². The van der Waals surface area contributed by atoms with E-state index in [0.29, 0.717) is 0 Å². The third-order valence-corrected chi connectivity index (χ3v) is 3.36. The van der Waals surface area contributed by atoms with Crippen molar-refractivity contribution < 1.29 is 28.8 Å². The summed E-state index contributed by atoms with van der Waals surface area (Å²) in [6, 6.07) is 10.1. The van der Waals surface area contributed by atoms with Gasteiger partial charge in [-0.05, 0) is 24.9 Å². The molecule has 1 fully saturated rings. The summed E-state index contributed by atoms with van der Waals surface area (Å²) in [4.78, 5) is 33.5. The summed E-state index contributed by atoms with van der Waals surface area (Å²) in [7, 11) is -3.18. The molecule has 0 amide bonds. The van der Waals surface area contributed by atoms with Crippen LogP contribution in [0.3, 0.4) is 0 Å². The second kappa shape index (κ2) is 9.02. The molecule has 8 heteroatoms. The van der Waals surface area contributed by atoms with E-state index in [4.69, 9.17) is 24.0 Å². The van der Waals surface area contributed by atoms with Crippen molar-refractivity contribution in [3.8, 4) is 0 Å². The Morgan fingerprint density at radius 1 is 1.27 bits per heavy atom. The molecule has 0 aliphatic carbocycles. The molecule has 1 aliphatic heterocycles. The fourth-order valence-electron chi connectivity index (χ4n) is 2.48. The minimum atomic E-state index is -4.64. The molecule has 0 saturated carbocycles. The van der Waals surface area contributed by atoms with Crippen LogP contribution in [0.1, 0.15) is 30.7 Å². The molecule has 0 aromatic heterocycles. The lowest BCUT2D eigenvalue weighted by Gasteiger charge is -2.29. The average molecular weight is 331 g/mol. The third-order valence-electron chi connectivity index (χ3n) is 3.36. The van der Waals surface area contributed by atoms with Crippen molar-refractivity contribution in [2.45, 2.75) is 31.2 Å². The SMILES string of the molecule is COC(=O)C(c1ccccc1)C1CCCCN1.O=P(O)(O)O. The van der Waals surface area contributed by atoms with Crippen molar-refractivity contribution in [3.63, 3.8) is 0 Å². The number of carbonyl (C=O) groups excluding carboxylic acids is 1. The molecular formula is C14H22NO6P. The molecule has 1 saturated heterocycles. The number of nitrogens with one attached hydrogen (secondary N) is 1. The predicted octanol–water partition coefficient (Wildman–Crippen LogP) is 1.16. The minimum absolute atomic E-state index is 0.143. The Morgan fingerprint density at radius 3 is 2.32 bits per heavy atom. The molecule has 1 heterocycles. The molecular weight excluding hydrogens is 309 g/mol. The Bertz CT molecular complexity index is 489. The molecule has 2 rings (SSSR count). The van der Waals surface area contributed by atoms with E-state index in [2.05, 4.69) is 5.32 Å². The number of carbonyl (C=O) groups is 1. The van der Waals surface area contributed by atoms with Crippen LogP contribution >= 0.6 is 7.82 Å². The first kappa shape index (κ1) is 18.8. The minimum Gasteiger partial charge on any atom is -0.469 e. The van der Waals surface area contributed by atoms with Gasteiger partial charge in [0.1, 0.15) is 0 Å². The van der Waals surface area contributed by atoms with E-state index in [1.54, 1.807) is 0 Å². The van der Waals surface area contributed by atoms with Crippen LogP contribution in [-0.4, -0.2) is 40.3 Å². The van der Waals surface area contributed by atoms with Gasteiger partial charge >= 0.3 is 13.8 Å². The Kier molecular flexibility index (Phi) is 7.72. The van der Waals surface area contributed by atoms with Crippen LogP contribution in [0.5, 0.6) is 0 Å². The van der Waals surface area contributed by atoms with Crippen LogP contribution in [0.2, 0.25) is 0 Å². The van der Waals surface area contributed by atoms with Crippen LogP contribution in [0.4, 0.5) is 0 Å². The molecule has 0 radical (unpaired) electrons. The standard InChI is InChI=1S/C14H19NO2.H3O4P/c1-17-14(16)13(11-7-3-2-4-8-11)12-9-5-6-10-15-12;1-5(2,3)4/h2-4,7-8,12-13,15H,5-6,9-10H2,1H3;(H3,1,2,3,4). The Hall–Kier alpha value is -1.24. The highest BCUT2D eigenvalue weighted by atomic mass is 31.2. The first-order valence-electron chi connectivity index (χ1n) is 6.97. The van der Waals surface area contributed by atoms with Crippen molar-refractivity contribution in [2.24, 2.45) is 0 Å². The number of benzene rings is 1. The number of hydrogen-bond donors (Lipinski definition) is 4. The van der Waals surface area contributed by atoms with Crippen molar-refractivity contribution in [1.29, 1.82) is 0 Å². The summed E-state index contributed by atoms with van der Waals surface area (Å²) in [6.07, 6.45) is 3.41. The zero-order chi connectivity index (χ0) is 16.6. The maximum absolute atomic E-state index is 11.9. The van der Waals surface area contributed by atoms with Crippen molar-refractivity contribution >= 4 is 13.8 Å². The molecule has 2 atom stereocenters. The second-order valence-corrected chi connectivity index (χ2v) is 6.01. The topological polar surface area (TPSA) is 116 Å². The Labute approximate surface area is 129 Å². The van der Waals surface area contributed by atoms with Gasteiger partial charge in [-0.1, -0.05) is 36.8 Å². The Morgan fingerprint density at radius 2 is 1.86 bits per heavy atom. The lowest BCUT2D eigenvalue weighted by Crippen LogP contribution is -2.42. The molecule has 1 aliphatic rings. The normalized spacial score (nSPS) is 19.5. The van der Waals surface area contributed by atoms with Crippen LogP contribution in [0, 0.1) is 0 Å². The van der Waals surface area contributed by atoms with Crippen LogP contribution in [-0.2, 0) is 14.1 Å². The number of rotatable bonds is 3. The number of hydrogen-bond acceptors (Lipinski definition) is 4. The maximum atomic E-state index is 11.9. The van der Waals surface area contributed by atoms with Crippen LogP contribution in [0.25, 0.3) is 0 Å². The van der Waals surface area contributed by atoms with E-state index < -0.39 is 7.82 Å². The second-order valence-electron chi connectivity index (χ2n) is 4.98. The van der Waals surface area contributed by atoms with Crippen molar-refractivity contribution in [1.82, 2.24) is 5.32 Å². The number of piperidine rings is 1. The van der Waals surface area contributed by atoms with Crippen LogP contribution < -0.4 is 5.32 Å². The van der Waals surface area contributed by atoms with E-state index in [-0.39, 0.29) is 17.9 Å². The van der Waals surface area contributed by atoms with E-state index >= 15 is 0 Å². The predicted molar refractivity (Wildman–Crippen MR) is 81.1 cm³/mol. The van der Waals surface area contributed by atoms with Crippen LogP contribution in [0.15, 0.2) is 30.3 Å². The van der Waals surface area contributed by atoms with Crippen molar-refractivity contribution in [3.05, 3.63) is 35.9 Å². The monoisotopic (exact) mass is 331 g/mol. The van der Waals surface area contributed by atoms with Gasteiger partial charge in [-0.25, -0.2) is 4.57 Å². The van der Waals surface area contributed by atoms with Gasteiger partial charge in [0.2, 0.25) is 0 Å². The third kappa shape index (κ3) is 7.15. The summed E-state index contributed by atoms with van der Waals surface area (Å²) in [6.45, 7) is 0.991. The first-order valence-corrected chi connectivity index (χ1v) is 8.54. The van der Waals surface area contributed by atoms with Gasteiger partial charge in [-0.15, -0.1) is 0 Å². The number of ether oxygens (including phenoxy) is 1. The summed E-state index contributed by atoms with van der Waals surface area (Å²) in [5.41, 5.74) is 1.04. The number of methoxy groups -OCH3 is 1. The highest BCUT2D eigenvalue weighted by Gasteiger charge is 2.31. The smallest absolute Gasteiger partial charge is 0.466 e. The first-order chi connectivity index (χ1) is 10.3. The van der Waals surface area contributed by atoms with E-state index in [1.165, 1.54) is 20.0 Å². The molecule has 1 aromatic carbocycles. The Balaban J connectivity index is 0.000000422. The fraction of sp³-hybridized carbons (Fsp3) is 0.500. The fourth-order valence-corrected chi connectivity index (χ4v) is 2.48. The number of phosphoric acid groups is 1. The number of esters is 1. The highest BCUT2D eigenvalue weighted by molar-refractivity contribution is 7.45. The molecule has 4 N–H and O–H groups in total.